The van der Waals surface area contributed by atoms with Crippen molar-refractivity contribution in [2.45, 2.75) is 43.9 Å². The summed E-state index contributed by atoms with van der Waals surface area (Å²) in [6.45, 7) is 0.889. The van der Waals surface area contributed by atoms with Crippen LogP contribution >= 0.6 is 0 Å². The molecule has 1 spiro atoms. The molecule has 19 heavy (non-hydrogen) atoms. The number of nitrogens with zero attached hydrogens (tertiary/aromatic N) is 2. The van der Waals surface area contributed by atoms with E-state index in [0.29, 0.717) is 0 Å². The van der Waals surface area contributed by atoms with Gasteiger partial charge >= 0.3 is 6.03 Å². The fourth-order valence-corrected chi connectivity index (χ4v) is 3.50. The smallest absolute Gasteiger partial charge is 0.317 e. The van der Waals surface area contributed by atoms with Gasteiger partial charge in [-0.3, -0.25) is 0 Å². The van der Waals surface area contributed by atoms with Crippen LogP contribution in [0.15, 0.2) is 30.3 Å². The van der Waals surface area contributed by atoms with Gasteiger partial charge in [0.1, 0.15) is 0 Å². The fourth-order valence-electron chi connectivity index (χ4n) is 3.50. The zero-order valence-corrected chi connectivity index (χ0v) is 10.9. The molecule has 4 nitrogen and oxygen atoms in total. The Hall–Kier alpha value is -1.55. The van der Waals surface area contributed by atoms with Crippen molar-refractivity contribution < 1.29 is 9.63 Å². The van der Waals surface area contributed by atoms with E-state index in [1.807, 2.05) is 30.3 Å². The summed E-state index contributed by atoms with van der Waals surface area (Å²) in [6.07, 6.45) is 5.72. The number of carbonyl (C=O) groups is 1. The molecule has 1 unspecified atom stereocenters. The number of benzene rings is 1. The molecule has 0 N–H and O–H groups in total. The van der Waals surface area contributed by atoms with Crippen molar-refractivity contribution in [3.63, 3.8) is 0 Å². The number of amides is 2. The molecule has 3 aliphatic rings. The monoisotopic (exact) mass is 258 g/mol. The summed E-state index contributed by atoms with van der Waals surface area (Å²) in [6, 6.07) is 9.99. The minimum absolute atomic E-state index is 0.0612. The lowest BCUT2D eigenvalue weighted by Crippen LogP contribution is -2.53. The molecule has 2 aliphatic heterocycles. The molecule has 0 aromatic heterocycles. The van der Waals surface area contributed by atoms with Crippen LogP contribution in [0.1, 0.15) is 43.9 Å². The Bertz CT molecular complexity index is 498. The standard InChI is InChI=1S/C15H18N2O2/c18-14(16-11-5-10-15(16)8-4-9-15)17-13(19-17)12-6-2-1-3-7-12/h1-3,6-7,13H,4-5,8-11H2. The van der Waals surface area contributed by atoms with Crippen LogP contribution in [0.4, 0.5) is 4.79 Å². The Morgan fingerprint density at radius 2 is 1.89 bits per heavy atom. The number of likely N-dealkylation sites (tertiary alicyclic amines) is 1. The average Bonchev–Trinajstić information content (AvgIpc) is 3.07. The van der Waals surface area contributed by atoms with E-state index in [-0.39, 0.29) is 17.8 Å². The molecule has 4 rings (SSSR count). The van der Waals surface area contributed by atoms with Crippen molar-refractivity contribution >= 4 is 6.03 Å². The highest BCUT2D eigenvalue weighted by molar-refractivity contribution is 5.76. The molecular formula is C15H18N2O2. The normalized spacial score (nSPS) is 27.5. The highest BCUT2D eigenvalue weighted by Crippen LogP contribution is 2.48. The summed E-state index contributed by atoms with van der Waals surface area (Å²) >= 11 is 0. The van der Waals surface area contributed by atoms with Crippen LogP contribution in [0.5, 0.6) is 0 Å². The first-order valence-corrected chi connectivity index (χ1v) is 7.13. The molecule has 4 heteroatoms. The molecular weight excluding hydrogens is 240 g/mol. The summed E-state index contributed by atoms with van der Waals surface area (Å²) in [7, 11) is 0. The molecule has 1 aromatic carbocycles. The number of hydroxylamine groups is 2. The van der Waals surface area contributed by atoms with Gasteiger partial charge < -0.3 is 4.90 Å². The molecule has 1 aliphatic carbocycles. The predicted molar refractivity (Wildman–Crippen MR) is 70.0 cm³/mol. The third-order valence-electron chi connectivity index (χ3n) is 4.77. The first-order chi connectivity index (χ1) is 9.30. The van der Waals surface area contributed by atoms with Crippen molar-refractivity contribution in [2.24, 2.45) is 0 Å². The second kappa shape index (κ2) is 3.97. The lowest BCUT2D eigenvalue weighted by molar-refractivity contribution is 0.0570. The highest BCUT2D eigenvalue weighted by Gasteiger charge is 2.53. The van der Waals surface area contributed by atoms with Crippen molar-refractivity contribution in [3.05, 3.63) is 35.9 Å². The van der Waals surface area contributed by atoms with Crippen molar-refractivity contribution in [1.82, 2.24) is 9.96 Å². The van der Waals surface area contributed by atoms with Gasteiger partial charge in [0.15, 0.2) is 0 Å². The Morgan fingerprint density at radius 3 is 2.58 bits per heavy atom. The van der Waals surface area contributed by atoms with Crippen LogP contribution in [-0.4, -0.2) is 28.1 Å². The lowest BCUT2D eigenvalue weighted by atomic mass is 9.75. The first kappa shape index (κ1) is 11.3. The molecule has 3 fully saturated rings. The van der Waals surface area contributed by atoms with E-state index in [1.165, 1.54) is 30.7 Å². The van der Waals surface area contributed by atoms with Gasteiger partial charge in [-0.05, 0) is 32.1 Å². The summed E-state index contributed by atoms with van der Waals surface area (Å²) < 4.78 is 0. The second-order valence-electron chi connectivity index (χ2n) is 5.81. The molecule has 1 atom stereocenters. The molecule has 0 radical (unpaired) electrons. The summed E-state index contributed by atoms with van der Waals surface area (Å²) in [5, 5.41) is 1.53. The van der Waals surface area contributed by atoms with Crippen LogP contribution in [0.25, 0.3) is 0 Å². The molecule has 2 amide bonds. The number of hydrogen-bond donors (Lipinski definition) is 0. The van der Waals surface area contributed by atoms with Crippen LogP contribution < -0.4 is 0 Å². The minimum atomic E-state index is -0.175. The van der Waals surface area contributed by atoms with Crippen molar-refractivity contribution in [1.29, 1.82) is 0 Å². The second-order valence-corrected chi connectivity index (χ2v) is 5.81. The predicted octanol–water partition coefficient (Wildman–Crippen LogP) is 3.07. The molecule has 1 saturated carbocycles. The van der Waals surface area contributed by atoms with Gasteiger partial charge in [0, 0.05) is 17.6 Å². The number of hydrogen-bond acceptors (Lipinski definition) is 2. The molecule has 100 valence electrons. The van der Waals surface area contributed by atoms with Crippen LogP contribution in [0.2, 0.25) is 0 Å². The highest BCUT2D eigenvalue weighted by atomic mass is 16.8. The van der Waals surface area contributed by atoms with E-state index in [1.54, 1.807) is 0 Å². The maximum Gasteiger partial charge on any atom is 0.347 e. The summed E-state index contributed by atoms with van der Waals surface area (Å²) in [5.41, 5.74) is 1.22. The Labute approximate surface area is 112 Å². The van der Waals surface area contributed by atoms with Gasteiger partial charge in [-0.15, -0.1) is 0 Å². The SMILES string of the molecule is O=C(N1OC1c1ccccc1)N1CCCC12CCC2. The van der Waals surface area contributed by atoms with Crippen LogP contribution in [-0.2, 0) is 4.84 Å². The lowest BCUT2D eigenvalue weighted by Gasteiger charge is -2.45. The van der Waals surface area contributed by atoms with Gasteiger partial charge in [-0.1, -0.05) is 30.3 Å². The van der Waals surface area contributed by atoms with E-state index in [9.17, 15) is 4.79 Å². The largest absolute Gasteiger partial charge is 0.347 e. The van der Waals surface area contributed by atoms with Gasteiger partial charge in [0.25, 0.3) is 0 Å². The summed E-state index contributed by atoms with van der Waals surface area (Å²) in [5.74, 6) is 0. The zero-order valence-electron chi connectivity index (χ0n) is 10.9. The van der Waals surface area contributed by atoms with E-state index in [4.69, 9.17) is 4.84 Å². The van der Waals surface area contributed by atoms with Gasteiger partial charge in [-0.2, -0.15) is 5.06 Å². The fraction of sp³-hybridized carbons (Fsp3) is 0.533. The number of rotatable bonds is 1. The van der Waals surface area contributed by atoms with Gasteiger partial charge in [0.05, 0.1) is 0 Å². The first-order valence-electron chi connectivity index (χ1n) is 7.13. The van der Waals surface area contributed by atoms with E-state index < -0.39 is 0 Å². The van der Waals surface area contributed by atoms with Crippen molar-refractivity contribution in [2.75, 3.05) is 6.54 Å². The van der Waals surface area contributed by atoms with Gasteiger partial charge in [0.2, 0.25) is 6.23 Å². The molecule has 1 aromatic rings. The zero-order chi connectivity index (χ0) is 12.9. The maximum absolute atomic E-state index is 12.5. The van der Waals surface area contributed by atoms with E-state index in [2.05, 4.69) is 4.90 Å². The van der Waals surface area contributed by atoms with Gasteiger partial charge in [-0.25, -0.2) is 9.63 Å². The average molecular weight is 258 g/mol. The number of carbonyl (C=O) groups excluding carboxylic acids is 1. The molecule has 0 bridgehead atoms. The molecule has 2 heterocycles. The topological polar surface area (TPSA) is 35.9 Å². The summed E-state index contributed by atoms with van der Waals surface area (Å²) in [4.78, 5) is 20.1. The Kier molecular flexibility index (Phi) is 2.36. The van der Waals surface area contributed by atoms with E-state index >= 15 is 0 Å². The Balaban J connectivity index is 1.48. The van der Waals surface area contributed by atoms with Crippen LogP contribution in [0.3, 0.4) is 0 Å². The van der Waals surface area contributed by atoms with Crippen LogP contribution in [0, 0.1) is 0 Å². The third-order valence-corrected chi connectivity index (χ3v) is 4.77. The number of urea groups is 1. The van der Waals surface area contributed by atoms with Crippen molar-refractivity contribution in [3.8, 4) is 0 Å². The minimum Gasteiger partial charge on any atom is -0.317 e. The third kappa shape index (κ3) is 1.66. The quantitative estimate of drug-likeness (QED) is 0.726. The molecule has 2 saturated heterocycles. The Morgan fingerprint density at radius 1 is 1.16 bits per heavy atom. The maximum atomic E-state index is 12.5. The van der Waals surface area contributed by atoms with E-state index in [0.717, 1.165) is 18.5 Å².